The Morgan fingerprint density at radius 3 is 3.09 bits per heavy atom. The van der Waals surface area contributed by atoms with Crippen molar-refractivity contribution in [3.8, 4) is 0 Å². The first-order valence-electron chi connectivity index (χ1n) is 8.35. The number of hydrogen-bond acceptors (Lipinski definition) is 3. The molecule has 2 aromatic rings. The quantitative estimate of drug-likeness (QED) is 0.948. The van der Waals surface area contributed by atoms with Crippen LogP contribution in [0.25, 0.3) is 0 Å². The molecule has 5 nitrogen and oxygen atoms in total. The van der Waals surface area contributed by atoms with E-state index in [4.69, 9.17) is 4.74 Å². The lowest BCUT2D eigenvalue weighted by Gasteiger charge is -2.11. The molecule has 4 rings (SSSR count). The first-order valence-corrected chi connectivity index (χ1v) is 8.35. The van der Waals surface area contributed by atoms with E-state index in [1.54, 1.807) is 0 Å². The molecule has 0 saturated carbocycles. The largest absolute Gasteiger partial charge is 0.381 e. The smallest absolute Gasteiger partial charge is 0.256 e. The molecule has 2 aliphatic rings. The second kappa shape index (κ2) is 6.16. The molecule has 1 unspecified atom stereocenters. The first-order chi connectivity index (χ1) is 11.3. The van der Waals surface area contributed by atoms with Crippen molar-refractivity contribution in [2.24, 2.45) is 0 Å². The molecule has 1 atom stereocenters. The number of nitrogens with one attached hydrogen (secondary N) is 1. The third kappa shape index (κ3) is 3.01. The number of benzene rings is 1. The van der Waals surface area contributed by atoms with Crippen LogP contribution in [0, 0.1) is 0 Å². The van der Waals surface area contributed by atoms with E-state index in [2.05, 4.69) is 16.5 Å². The van der Waals surface area contributed by atoms with Gasteiger partial charge in [0.05, 0.1) is 6.61 Å². The van der Waals surface area contributed by atoms with Gasteiger partial charge in [0, 0.05) is 36.4 Å². The minimum absolute atomic E-state index is 0.0961. The van der Waals surface area contributed by atoms with Crippen molar-refractivity contribution in [3.63, 3.8) is 0 Å². The van der Waals surface area contributed by atoms with Crippen LogP contribution < -0.4 is 5.32 Å². The predicted molar refractivity (Wildman–Crippen MR) is 87.7 cm³/mol. The third-order valence-electron chi connectivity index (χ3n) is 4.71. The number of carbonyl (C=O) groups is 1. The zero-order chi connectivity index (χ0) is 15.6. The van der Waals surface area contributed by atoms with Crippen LogP contribution in [0.2, 0.25) is 0 Å². The average molecular weight is 311 g/mol. The molecule has 1 aromatic heterocycles. The van der Waals surface area contributed by atoms with Crippen LogP contribution in [-0.4, -0.2) is 28.9 Å². The van der Waals surface area contributed by atoms with Gasteiger partial charge in [-0.3, -0.25) is 9.48 Å². The maximum Gasteiger partial charge on any atom is 0.256 e. The highest BCUT2D eigenvalue weighted by Gasteiger charge is 2.19. The first kappa shape index (κ1) is 14.5. The summed E-state index contributed by atoms with van der Waals surface area (Å²) >= 11 is 0. The highest BCUT2D eigenvalue weighted by Crippen LogP contribution is 2.26. The lowest BCUT2D eigenvalue weighted by atomic mass is 9.96. The van der Waals surface area contributed by atoms with E-state index in [1.165, 1.54) is 17.7 Å². The second-order valence-corrected chi connectivity index (χ2v) is 6.34. The Morgan fingerprint density at radius 1 is 1.30 bits per heavy atom. The number of aryl methyl sites for hydroxylation is 2. The van der Waals surface area contributed by atoms with Crippen LogP contribution >= 0.6 is 0 Å². The summed E-state index contributed by atoms with van der Waals surface area (Å²) in [6.45, 7) is 2.50. The highest BCUT2D eigenvalue weighted by molar-refractivity contribution is 6.03. The number of anilines is 1. The minimum atomic E-state index is -0.0961. The lowest BCUT2D eigenvalue weighted by Crippen LogP contribution is -2.14. The molecule has 5 heteroatoms. The fourth-order valence-electron chi connectivity index (χ4n) is 3.40. The van der Waals surface area contributed by atoms with Gasteiger partial charge in [0.25, 0.3) is 5.91 Å². The fraction of sp³-hybridized carbons (Fsp3) is 0.444. The van der Waals surface area contributed by atoms with Gasteiger partial charge >= 0.3 is 0 Å². The van der Waals surface area contributed by atoms with Crippen molar-refractivity contribution in [2.45, 2.75) is 38.1 Å². The Bertz CT molecular complexity index is 693. The van der Waals surface area contributed by atoms with Crippen molar-refractivity contribution in [2.75, 3.05) is 18.5 Å². The molecule has 1 aromatic carbocycles. The standard InChI is InChI=1S/C18H21N3O2/c22-18(19-17-11-16-6-1-2-8-21(16)20-17)14-5-3-4-13(10-14)15-7-9-23-12-15/h3-5,10-11,15H,1-2,6-9,12H2,(H,19,20,22). The van der Waals surface area contributed by atoms with Gasteiger partial charge in [-0.05, 0) is 43.4 Å². The molecule has 1 saturated heterocycles. The van der Waals surface area contributed by atoms with Gasteiger partial charge in [-0.15, -0.1) is 0 Å². The van der Waals surface area contributed by atoms with Crippen LogP contribution in [0.3, 0.4) is 0 Å². The van der Waals surface area contributed by atoms with Crippen LogP contribution in [0.4, 0.5) is 5.82 Å². The monoisotopic (exact) mass is 311 g/mol. The van der Waals surface area contributed by atoms with Crippen molar-refractivity contribution >= 4 is 11.7 Å². The van der Waals surface area contributed by atoms with E-state index in [-0.39, 0.29) is 5.91 Å². The molecule has 3 heterocycles. The summed E-state index contributed by atoms with van der Waals surface area (Å²) in [4.78, 5) is 12.5. The number of aromatic nitrogens is 2. The van der Waals surface area contributed by atoms with Gasteiger partial charge in [0.2, 0.25) is 0 Å². The van der Waals surface area contributed by atoms with E-state index in [9.17, 15) is 4.79 Å². The summed E-state index contributed by atoms with van der Waals surface area (Å²) in [5.74, 6) is 0.963. The molecule has 1 fully saturated rings. The normalized spacial score (nSPS) is 20.3. The van der Waals surface area contributed by atoms with Crippen LogP contribution in [0.1, 0.15) is 46.8 Å². The molecule has 120 valence electrons. The maximum absolute atomic E-state index is 12.5. The fourth-order valence-corrected chi connectivity index (χ4v) is 3.40. The number of ether oxygens (including phenoxy) is 1. The highest BCUT2D eigenvalue weighted by atomic mass is 16.5. The summed E-state index contributed by atoms with van der Waals surface area (Å²) in [7, 11) is 0. The molecular formula is C18H21N3O2. The molecule has 0 bridgehead atoms. The summed E-state index contributed by atoms with van der Waals surface area (Å²) in [6.07, 6.45) is 4.43. The Hall–Kier alpha value is -2.14. The molecule has 0 aliphatic carbocycles. The van der Waals surface area contributed by atoms with E-state index in [1.807, 2.05) is 28.9 Å². The summed E-state index contributed by atoms with van der Waals surface area (Å²) in [6, 6.07) is 9.84. The Kier molecular flexibility index (Phi) is 3.87. The summed E-state index contributed by atoms with van der Waals surface area (Å²) in [5.41, 5.74) is 3.07. The zero-order valence-corrected chi connectivity index (χ0v) is 13.1. The number of fused-ring (bicyclic) bond motifs is 1. The van der Waals surface area contributed by atoms with E-state index < -0.39 is 0 Å². The molecular weight excluding hydrogens is 290 g/mol. The van der Waals surface area contributed by atoms with E-state index >= 15 is 0 Å². The minimum Gasteiger partial charge on any atom is -0.381 e. The van der Waals surface area contributed by atoms with E-state index in [0.717, 1.165) is 39.0 Å². The molecule has 0 radical (unpaired) electrons. The van der Waals surface area contributed by atoms with Gasteiger partial charge in [-0.2, -0.15) is 5.10 Å². The maximum atomic E-state index is 12.5. The molecule has 23 heavy (non-hydrogen) atoms. The van der Waals surface area contributed by atoms with Gasteiger partial charge in [-0.25, -0.2) is 0 Å². The predicted octanol–water partition coefficient (Wildman–Crippen LogP) is 2.98. The summed E-state index contributed by atoms with van der Waals surface area (Å²) < 4.78 is 7.45. The number of amides is 1. The second-order valence-electron chi connectivity index (χ2n) is 6.34. The molecule has 1 N–H and O–H groups in total. The van der Waals surface area contributed by atoms with Crippen LogP contribution in [-0.2, 0) is 17.7 Å². The van der Waals surface area contributed by atoms with Crippen molar-refractivity contribution in [1.29, 1.82) is 0 Å². The lowest BCUT2D eigenvalue weighted by molar-refractivity contribution is 0.102. The number of nitrogens with zero attached hydrogens (tertiary/aromatic N) is 2. The third-order valence-corrected chi connectivity index (χ3v) is 4.71. The van der Waals surface area contributed by atoms with Gasteiger partial charge in [0.1, 0.15) is 0 Å². The Morgan fingerprint density at radius 2 is 2.26 bits per heavy atom. The average Bonchev–Trinajstić information content (AvgIpc) is 3.24. The van der Waals surface area contributed by atoms with Gasteiger partial charge < -0.3 is 10.1 Å². The summed E-state index contributed by atoms with van der Waals surface area (Å²) in [5, 5.41) is 7.41. The number of rotatable bonds is 3. The number of carbonyl (C=O) groups excluding carboxylic acids is 1. The van der Waals surface area contributed by atoms with Crippen LogP contribution in [0.5, 0.6) is 0 Å². The Balaban J connectivity index is 1.50. The van der Waals surface area contributed by atoms with Crippen molar-refractivity contribution in [1.82, 2.24) is 9.78 Å². The molecule has 0 spiro atoms. The van der Waals surface area contributed by atoms with Crippen molar-refractivity contribution < 1.29 is 9.53 Å². The zero-order valence-electron chi connectivity index (χ0n) is 13.1. The van der Waals surface area contributed by atoms with E-state index in [0.29, 0.717) is 17.3 Å². The SMILES string of the molecule is O=C(Nc1cc2n(n1)CCCC2)c1cccc(C2CCOC2)c1. The van der Waals surface area contributed by atoms with Crippen LogP contribution in [0.15, 0.2) is 30.3 Å². The van der Waals surface area contributed by atoms with Gasteiger partial charge in [0.15, 0.2) is 5.82 Å². The topological polar surface area (TPSA) is 56.2 Å². The molecule has 2 aliphatic heterocycles. The van der Waals surface area contributed by atoms with Gasteiger partial charge in [-0.1, -0.05) is 12.1 Å². The van der Waals surface area contributed by atoms with Crippen molar-refractivity contribution in [3.05, 3.63) is 47.2 Å². The molecule has 1 amide bonds. The number of hydrogen-bond donors (Lipinski definition) is 1. The Labute approximate surface area is 135 Å².